The predicted octanol–water partition coefficient (Wildman–Crippen LogP) is 6.00. The van der Waals surface area contributed by atoms with Crippen LogP contribution in [-0.4, -0.2) is 53.0 Å². The number of anilines is 3. The Kier molecular flexibility index (Phi) is 9.69. The second-order valence-electron chi connectivity index (χ2n) is 9.36. The molecule has 9 nitrogen and oxygen atoms in total. The summed E-state index contributed by atoms with van der Waals surface area (Å²) in [5, 5.41) is 9.35. The maximum atomic E-state index is 14.5. The molecule has 1 aliphatic heterocycles. The molecule has 0 radical (unpaired) electrons. The lowest BCUT2D eigenvalue weighted by Gasteiger charge is -2.32. The molecule has 1 fully saturated rings. The summed E-state index contributed by atoms with van der Waals surface area (Å²) in [6.45, 7) is 8.07. The number of urea groups is 1. The SMILES string of the molecule is C=CC(=O)Nc1cc2c(Nc3ccc(Br)cc3F)ncnc2cc1OCC1CCN(C(=O)NCCCC)CC1. The van der Waals surface area contributed by atoms with E-state index in [0.29, 0.717) is 58.9 Å². The number of piperidine rings is 1. The van der Waals surface area contributed by atoms with Crippen LogP contribution >= 0.6 is 15.9 Å². The van der Waals surface area contributed by atoms with Crippen LogP contribution in [0.1, 0.15) is 32.6 Å². The molecule has 1 aromatic heterocycles. The first-order chi connectivity index (χ1) is 18.9. The largest absolute Gasteiger partial charge is 0.491 e. The maximum absolute atomic E-state index is 14.5. The van der Waals surface area contributed by atoms with Crippen molar-refractivity contribution in [1.82, 2.24) is 20.2 Å². The number of unbranched alkanes of at least 4 members (excludes halogenated alkanes) is 1. The fourth-order valence-electron chi connectivity index (χ4n) is 4.30. The van der Waals surface area contributed by atoms with E-state index < -0.39 is 11.7 Å². The summed E-state index contributed by atoms with van der Waals surface area (Å²) in [4.78, 5) is 35.0. The van der Waals surface area contributed by atoms with Crippen LogP contribution < -0.4 is 20.7 Å². The van der Waals surface area contributed by atoms with Gasteiger partial charge in [-0.2, -0.15) is 0 Å². The molecule has 1 aliphatic rings. The number of hydrogen-bond acceptors (Lipinski definition) is 6. The van der Waals surface area contributed by atoms with E-state index in [2.05, 4.69) is 55.4 Å². The van der Waals surface area contributed by atoms with Crippen molar-refractivity contribution in [2.75, 3.05) is 36.9 Å². The van der Waals surface area contributed by atoms with E-state index in [4.69, 9.17) is 4.74 Å². The molecule has 0 unspecified atom stereocenters. The number of aromatic nitrogens is 2. The summed E-state index contributed by atoms with van der Waals surface area (Å²) >= 11 is 3.26. The van der Waals surface area contributed by atoms with Crippen molar-refractivity contribution in [3.63, 3.8) is 0 Å². The topological polar surface area (TPSA) is 108 Å². The minimum absolute atomic E-state index is 0.0149. The van der Waals surface area contributed by atoms with Gasteiger partial charge >= 0.3 is 6.03 Å². The number of likely N-dealkylation sites (tertiary alicyclic amines) is 1. The Morgan fingerprint density at radius 3 is 2.72 bits per heavy atom. The lowest BCUT2D eigenvalue weighted by Crippen LogP contribution is -2.45. The molecule has 3 aromatic rings. The first-order valence-electron chi connectivity index (χ1n) is 13.0. The molecular weight excluding hydrogens is 567 g/mol. The van der Waals surface area contributed by atoms with E-state index in [1.807, 2.05) is 4.90 Å². The van der Waals surface area contributed by atoms with Crippen LogP contribution in [0.2, 0.25) is 0 Å². The van der Waals surface area contributed by atoms with Gasteiger partial charge in [0.2, 0.25) is 5.91 Å². The Labute approximate surface area is 235 Å². The van der Waals surface area contributed by atoms with Gasteiger partial charge < -0.3 is 25.6 Å². The Hall–Kier alpha value is -3.73. The van der Waals surface area contributed by atoms with Gasteiger partial charge in [-0.05, 0) is 55.5 Å². The molecule has 0 bridgehead atoms. The number of nitrogens with zero attached hydrogens (tertiary/aromatic N) is 3. The highest BCUT2D eigenvalue weighted by Crippen LogP contribution is 2.34. The van der Waals surface area contributed by atoms with Gasteiger partial charge in [-0.15, -0.1) is 0 Å². The Morgan fingerprint density at radius 2 is 2.00 bits per heavy atom. The van der Waals surface area contributed by atoms with Crippen LogP contribution in [0.4, 0.5) is 26.4 Å². The van der Waals surface area contributed by atoms with Gasteiger partial charge in [-0.1, -0.05) is 35.9 Å². The quantitative estimate of drug-likeness (QED) is 0.195. The molecular formula is C28H32BrFN6O3. The lowest BCUT2D eigenvalue weighted by atomic mass is 9.98. The van der Waals surface area contributed by atoms with Crippen LogP contribution in [-0.2, 0) is 4.79 Å². The zero-order valence-electron chi connectivity index (χ0n) is 21.8. The minimum atomic E-state index is -0.444. The van der Waals surface area contributed by atoms with Gasteiger partial charge in [0, 0.05) is 35.6 Å². The van der Waals surface area contributed by atoms with Crippen LogP contribution in [0.5, 0.6) is 5.75 Å². The van der Waals surface area contributed by atoms with Crippen LogP contribution in [0.15, 0.2) is 53.8 Å². The van der Waals surface area contributed by atoms with Crippen molar-refractivity contribution in [3.05, 3.63) is 59.6 Å². The molecule has 11 heteroatoms. The summed E-state index contributed by atoms with van der Waals surface area (Å²) in [5.74, 6) is 0.252. The number of carbonyl (C=O) groups is 2. The Bertz CT molecular complexity index is 1350. The van der Waals surface area contributed by atoms with Crippen molar-refractivity contribution >= 4 is 56.0 Å². The van der Waals surface area contributed by atoms with E-state index in [1.54, 1.807) is 24.3 Å². The van der Waals surface area contributed by atoms with Crippen LogP contribution in [0.3, 0.4) is 0 Å². The third-order valence-corrected chi connectivity index (χ3v) is 7.04. The fraction of sp³-hybridized carbons (Fsp3) is 0.357. The molecule has 2 heterocycles. The number of nitrogens with one attached hydrogen (secondary N) is 3. The highest BCUT2D eigenvalue weighted by atomic mass is 79.9. The molecule has 1 saturated heterocycles. The first kappa shape index (κ1) is 28.3. The number of fused-ring (bicyclic) bond motifs is 1. The van der Waals surface area contributed by atoms with E-state index in [9.17, 15) is 14.0 Å². The van der Waals surface area contributed by atoms with E-state index in [-0.39, 0.29) is 17.6 Å². The molecule has 3 N–H and O–H groups in total. The second-order valence-corrected chi connectivity index (χ2v) is 10.3. The molecule has 0 atom stereocenters. The zero-order valence-corrected chi connectivity index (χ0v) is 23.4. The summed E-state index contributed by atoms with van der Waals surface area (Å²) in [6, 6.07) is 8.10. The second kappa shape index (κ2) is 13.4. The molecule has 2 aromatic carbocycles. The molecule has 0 aliphatic carbocycles. The summed E-state index contributed by atoms with van der Waals surface area (Å²) in [5.41, 5.74) is 1.24. The van der Waals surface area contributed by atoms with Crippen LogP contribution in [0, 0.1) is 11.7 Å². The number of benzene rings is 2. The molecule has 3 amide bonds. The van der Waals surface area contributed by atoms with Crippen molar-refractivity contribution in [3.8, 4) is 5.75 Å². The number of rotatable bonds is 10. The van der Waals surface area contributed by atoms with E-state index in [0.717, 1.165) is 25.7 Å². The highest BCUT2D eigenvalue weighted by molar-refractivity contribution is 9.10. The molecule has 0 spiro atoms. The Morgan fingerprint density at radius 1 is 1.21 bits per heavy atom. The zero-order chi connectivity index (χ0) is 27.8. The van der Waals surface area contributed by atoms with Gasteiger partial charge in [-0.3, -0.25) is 4.79 Å². The normalized spacial score (nSPS) is 13.7. The number of halogens is 2. The van der Waals surface area contributed by atoms with E-state index in [1.165, 1.54) is 18.5 Å². The van der Waals surface area contributed by atoms with Crippen molar-refractivity contribution in [1.29, 1.82) is 0 Å². The Balaban J connectivity index is 1.49. The summed E-state index contributed by atoms with van der Waals surface area (Å²) in [7, 11) is 0. The van der Waals surface area contributed by atoms with Crippen molar-refractivity contribution in [2.24, 2.45) is 5.92 Å². The van der Waals surface area contributed by atoms with Gasteiger partial charge in [0.15, 0.2) is 0 Å². The first-order valence-corrected chi connectivity index (χ1v) is 13.8. The fourth-order valence-corrected chi connectivity index (χ4v) is 4.63. The third-order valence-electron chi connectivity index (χ3n) is 6.55. The average Bonchev–Trinajstić information content (AvgIpc) is 2.94. The van der Waals surface area contributed by atoms with Crippen molar-refractivity contribution < 1.29 is 18.7 Å². The third kappa shape index (κ3) is 7.44. The number of hydrogen-bond donors (Lipinski definition) is 3. The number of ether oxygens (including phenoxy) is 1. The molecule has 4 rings (SSSR count). The standard InChI is InChI=1S/C28H32BrFN6O3/c1-3-5-10-31-28(38)36-11-8-18(9-12-36)16-39-25-15-23-20(14-24(25)34-26(37)4-2)27(33-17-32-23)35-22-7-6-19(29)13-21(22)30/h4,6-7,13-15,17-18H,2-3,5,8-12,16H2,1H3,(H,31,38)(H,34,37)(H,32,33,35). The maximum Gasteiger partial charge on any atom is 0.317 e. The van der Waals surface area contributed by atoms with Gasteiger partial charge in [0.1, 0.15) is 23.7 Å². The predicted molar refractivity (Wildman–Crippen MR) is 154 cm³/mol. The summed E-state index contributed by atoms with van der Waals surface area (Å²) < 4.78 is 21.3. The van der Waals surface area contributed by atoms with E-state index >= 15 is 0 Å². The average molecular weight is 600 g/mol. The number of amides is 3. The lowest BCUT2D eigenvalue weighted by molar-refractivity contribution is -0.111. The molecule has 206 valence electrons. The molecule has 0 saturated carbocycles. The smallest absolute Gasteiger partial charge is 0.317 e. The van der Waals surface area contributed by atoms with Crippen LogP contribution in [0.25, 0.3) is 10.9 Å². The minimum Gasteiger partial charge on any atom is -0.491 e. The number of carbonyl (C=O) groups excluding carboxylic acids is 2. The van der Waals surface area contributed by atoms with Gasteiger partial charge in [0.05, 0.1) is 23.5 Å². The van der Waals surface area contributed by atoms with Gasteiger partial charge in [-0.25, -0.2) is 19.2 Å². The monoisotopic (exact) mass is 598 g/mol. The highest BCUT2D eigenvalue weighted by Gasteiger charge is 2.24. The summed E-state index contributed by atoms with van der Waals surface area (Å²) in [6.07, 6.45) is 6.20. The molecule has 39 heavy (non-hydrogen) atoms. The van der Waals surface area contributed by atoms with Gasteiger partial charge in [0.25, 0.3) is 0 Å². The van der Waals surface area contributed by atoms with Crippen molar-refractivity contribution in [2.45, 2.75) is 32.6 Å².